The van der Waals surface area contributed by atoms with E-state index in [1.54, 1.807) is 60.7 Å². The van der Waals surface area contributed by atoms with E-state index in [-0.39, 0.29) is 11.4 Å². The molecule has 0 saturated carbocycles. The number of nitrogens with two attached hydrogens (primary N) is 2. The molecule has 0 heterocycles. The van der Waals surface area contributed by atoms with E-state index in [4.69, 9.17) is 16.8 Å². The van der Waals surface area contributed by atoms with E-state index < -0.39 is 22.8 Å². The van der Waals surface area contributed by atoms with Crippen molar-refractivity contribution in [2.45, 2.75) is 11.8 Å². The molecule has 0 radical (unpaired) electrons. The second kappa shape index (κ2) is 11.2. The summed E-state index contributed by atoms with van der Waals surface area (Å²) >= 11 is 1.53. The number of nitrogens with one attached hydrogen (secondary N) is 1. The molecule has 1 atom stereocenters. The molecule has 0 saturated heterocycles. The van der Waals surface area contributed by atoms with Crippen molar-refractivity contribution in [3.05, 3.63) is 88.2 Å². The fourth-order valence-corrected chi connectivity index (χ4v) is 4.27. The first kappa shape index (κ1) is 25.2. The number of carbonyl (C=O) groups excluding carboxylic acids is 1. The fraction of sp³-hybridized carbons (Fsp3) is 0.0435. The molecule has 3 aromatic rings. The molecule has 3 rings (SSSR count). The SMILES string of the molecule is CC(=C(F)C(=O)Nc1ccc(-c2ccccc2S(=O)ON)cc1Br)c1cccc(C(N)=NO)c1. The van der Waals surface area contributed by atoms with E-state index in [1.165, 1.54) is 13.0 Å². The number of allylic oxidation sites excluding steroid dienone is 1. The molecule has 0 aromatic heterocycles. The van der Waals surface area contributed by atoms with Crippen molar-refractivity contribution < 1.29 is 22.9 Å². The number of nitrogens with zero attached hydrogens (tertiary/aromatic N) is 1. The highest BCUT2D eigenvalue weighted by Gasteiger charge is 2.17. The van der Waals surface area contributed by atoms with Crippen molar-refractivity contribution in [1.29, 1.82) is 0 Å². The zero-order valence-corrected chi connectivity index (χ0v) is 20.2. The van der Waals surface area contributed by atoms with Crippen molar-refractivity contribution in [3.63, 3.8) is 0 Å². The standard InChI is InChI=1S/C23H20BrFN4O4S/c1-13(14-5-4-6-16(11-14)22(26)29-31)21(25)23(30)28-19-10-9-15(12-18(19)24)17-7-2-3-8-20(17)34(32)33-27/h2-12,31H,27H2,1H3,(H2,26,29)(H,28,30). The average molecular weight is 547 g/mol. The summed E-state index contributed by atoms with van der Waals surface area (Å²) in [5, 5.41) is 14.3. The first-order chi connectivity index (χ1) is 16.3. The lowest BCUT2D eigenvalue weighted by Crippen LogP contribution is -2.14. The molecule has 1 amide bonds. The average Bonchev–Trinajstić information content (AvgIpc) is 2.87. The summed E-state index contributed by atoms with van der Waals surface area (Å²) in [6.45, 7) is 1.45. The van der Waals surface area contributed by atoms with Crippen LogP contribution < -0.4 is 16.9 Å². The summed E-state index contributed by atoms with van der Waals surface area (Å²) in [6.07, 6.45) is 0. The molecule has 3 aromatic carbocycles. The molecule has 6 N–H and O–H groups in total. The Morgan fingerprint density at radius 2 is 1.82 bits per heavy atom. The second-order valence-corrected chi connectivity index (χ2v) is 8.94. The molecule has 176 valence electrons. The Labute approximate surface area is 205 Å². The Bertz CT molecular complexity index is 1330. The third-order valence-corrected chi connectivity index (χ3v) is 6.46. The minimum absolute atomic E-state index is 0.0797. The van der Waals surface area contributed by atoms with Crippen molar-refractivity contribution in [1.82, 2.24) is 0 Å². The first-order valence-electron chi connectivity index (χ1n) is 9.70. The minimum atomic E-state index is -1.85. The molecule has 34 heavy (non-hydrogen) atoms. The van der Waals surface area contributed by atoms with Gasteiger partial charge in [-0.25, -0.2) is 8.60 Å². The smallest absolute Gasteiger partial charge is 0.284 e. The fourth-order valence-electron chi connectivity index (χ4n) is 3.13. The lowest BCUT2D eigenvalue weighted by atomic mass is 10.0. The van der Waals surface area contributed by atoms with Crippen LogP contribution in [0, 0.1) is 0 Å². The lowest BCUT2D eigenvalue weighted by molar-refractivity contribution is -0.114. The number of benzene rings is 3. The summed E-state index contributed by atoms with van der Waals surface area (Å²) in [5.74, 6) is 2.99. The summed E-state index contributed by atoms with van der Waals surface area (Å²) in [7, 11) is 0. The molecule has 8 nitrogen and oxygen atoms in total. The molecule has 0 bridgehead atoms. The molecular formula is C23H20BrFN4O4S. The lowest BCUT2D eigenvalue weighted by Gasteiger charge is -2.12. The molecule has 0 aliphatic carbocycles. The number of amidine groups is 1. The topological polar surface area (TPSA) is 140 Å². The number of halogens is 2. The van der Waals surface area contributed by atoms with Gasteiger partial charge in [-0.3, -0.25) is 4.79 Å². The van der Waals surface area contributed by atoms with Crippen LogP contribution in [0.4, 0.5) is 10.1 Å². The Morgan fingerprint density at radius 1 is 1.12 bits per heavy atom. The zero-order chi connectivity index (χ0) is 24.8. The van der Waals surface area contributed by atoms with Gasteiger partial charge in [0.25, 0.3) is 5.91 Å². The largest absolute Gasteiger partial charge is 0.409 e. The predicted molar refractivity (Wildman–Crippen MR) is 133 cm³/mol. The summed E-state index contributed by atoms with van der Waals surface area (Å²) in [4.78, 5) is 12.9. The minimum Gasteiger partial charge on any atom is -0.409 e. The van der Waals surface area contributed by atoms with Crippen LogP contribution in [-0.4, -0.2) is 21.2 Å². The van der Waals surface area contributed by atoms with Gasteiger partial charge in [0.2, 0.25) is 11.1 Å². The Balaban J connectivity index is 1.87. The Morgan fingerprint density at radius 3 is 2.50 bits per heavy atom. The quantitative estimate of drug-likeness (QED) is 0.113. The number of carbonyl (C=O) groups is 1. The van der Waals surface area contributed by atoms with Crippen LogP contribution in [-0.2, 0) is 20.2 Å². The molecule has 0 spiro atoms. The summed E-state index contributed by atoms with van der Waals surface area (Å²) in [6, 6.07) is 18.1. The third-order valence-electron chi connectivity index (χ3n) is 4.91. The van der Waals surface area contributed by atoms with Gasteiger partial charge in [-0.2, -0.15) is 10.2 Å². The predicted octanol–water partition coefficient (Wildman–Crippen LogP) is 4.46. The maximum Gasteiger partial charge on any atom is 0.284 e. The number of hydrogen-bond donors (Lipinski definition) is 4. The van der Waals surface area contributed by atoms with Crippen LogP contribution in [0.25, 0.3) is 16.7 Å². The van der Waals surface area contributed by atoms with Crippen LogP contribution in [0.15, 0.2) is 87.1 Å². The van der Waals surface area contributed by atoms with Gasteiger partial charge in [0.05, 0.1) is 10.6 Å². The summed E-state index contributed by atoms with van der Waals surface area (Å²) in [5.41, 5.74) is 8.07. The number of amides is 1. The van der Waals surface area contributed by atoms with Crippen LogP contribution >= 0.6 is 15.9 Å². The van der Waals surface area contributed by atoms with Gasteiger partial charge in [0.1, 0.15) is 0 Å². The molecular weight excluding hydrogens is 527 g/mol. The van der Waals surface area contributed by atoms with Gasteiger partial charge >= 0.3 is 0 Å². The normalized spacial score (nSPS) is 13.2. The van der Waals surface area contributed by atoms with Crippen LogP contribution in [0.5, 0.6) is 0 Å². The number of hydrogen-bond acceptors (Lipinski definition) is 6. The molecule has 0 fully saturated rings. The van der Waals surface area contributed by atoms with Crippen molar-refractivity contribution in [3.8, 4) is 11.1 Å². The highest BCUT2D eigenvalue weighted by molar-refractivity contribution is 9.10. The number of rotatable bonds is 7. The van der Waals surface area contributed by atoms with E-state index in [9.17, 15) is 13.4 Å². The molecule has 11 heteroatoms. The van der Waals surface area contributed by atoms with E-state index in [0.29, 0.717) is 37.3 Å². The molecule has 1 unspecified atom stereocenters. The van der Waals surface area contributed by atoms with Gasteiger partial charge in [0.15, 0.2) is 11.7 Å². The highest BCUT2D eigenvalue weighted by atomic mass is 79.9. The van der Waals surface area contributed by atoms with E-state index in [0.717, 1.165) is 0 Å². The molecule has 0 aliphatic heterocycles. The second-order valence-electron chi connectivity index (χ2n) is 6.98. The van der Waals surface area contributed by atoms with Crippen molar-refractivity contribution >= 4 is 50.0 Å². The Kier molecular flexibility index (Phi) is 8.29. The van der Waals surface area contributed by atoms with E-state index >= 15 is 0 Å². The summed E-state index contributed by atoms with van der Waals surface area (Å²) < 4.78 is 31.9. The van der Waals surface area contributed by atoms with Gasteiger partial charge in [0, 0.05) is 15.6 Å². The monoisotopic (exact) mass is 546 g/mol. The highest BCUT2D eigenvalue weighted by Crippen LogP contribution is 2.33. The van der Waals surface area contributed by atoms with Crippen LogP contribution in [0.3, 0.4) is 0 Å². The van der Waals surface area contributed by atoms with E-state index in [2.05, 4.69) is 30.7 Å². The van der Waals surface area contributed by atoms with Gasteiger partial charge in [-0.1, -0.05) is 47.6 Å². The first-order valence-corrected chi connectivity index (χ1v) is 11.6. The third kappa shape index (κ3) is 5.57. The van der Waals surface area contributed by atoms with Crippen molar-refractivity contribution in [2.24, 2.45) is 16.8 Å². The maximum absolute atomic E-state index is 14.9. The van der Waals surface area contributed by atoms with E-state index in [1.807, 2.05) is 0 Å². The van der Waals surface area contributed by atoms with Crippen molar-refractivity contribution in [2.75, 3.05) is 5.32 Å². The Hall–Kier alpha value is -3.38. The molecule has 0 aliphatic rings. The van der Waals surface area contributed by atoms with Gasteiger partial charge in [-0.15, -0.1) is 0 Å². The number of anilines is 1. The maximum atomic E-state index is 14.9. The van der Waals surface area contributed by atoms with Gasteiger partial charge < -0.3 is 16.3 Å². The zero-order valence-electron chi connectivity index (χ0n) is 17.8. The van der Waals surface area contributed by atoms with Gasteiger partial charge in [-0.05, 0) is 63.8 Å². The van der Waals surface area contributed by atoms with Crippen LogP contribution in [0.2, 0.25) is 0 Å². The number of oxime groups is 1. The van der Waals surface area contributed by atoms with Crippen LogP contribution in [0.1, 0.15) is 18.1 Å².